The minimum Gasteiger partial charge on any atom is -0.480 e. The fourth-order valence-corrected chi connectivity index (χ4v) is 2.09. The Bertz CT molecular complexity index is 519. The number of amides is 2. The molecule has 1 unspecified atom stereocenters. The summed E-state index contributed by atoms with van der Waals surface area (Å²) in [5, 5.41) is 9.37. The molecule has 0 fully saturated rings. The molecule has 22 heavy (non-hydrogen) atoms. The molecular weight excluding hydrogens is 286 g/mol. The van der Waals surface area contributed by atoms with Gasteiger partial charge >= 0.3 is 5.97 Å². The second-order valence-corrected chi connectivity index (χ2v) is 4.78. The van der Waals surface area contributed by atoms with Gasteiger partial charge in [0.2, 0.25) is 5.91 Å². The molecule has 0 saturated heterocycles. The van der Waals surface area contributed by atoms with E-state index in [4.69, 9.17) is 11.5 Å². The Labute approximate surface area is 128 Å². The van der Waals surface area contributed by atoms with Gasteiger partial charge < -0.3 is 16.6 Å². The summed E-state index contributed by atoms with van der Waals surface area (Å²) in [6.45, 7) is -0.0109. The first kappa shape index (κ1) is 17.8. The Kier molecular flexibility index (Phi) is 7.21. The molecule has 0 bridgehead atoms. The third-order valence-corrected chi connectivity index (χ3v) is 3.21. The molecule has 0 saturated carbocycles. The van der Waals surface area contributed by atoms with E-state index in [1.165, 1.54) is 12.1 Å². The van der Waals surface area contributed by atoms with Gasteiger partial charge in [0.05, 0.1) is 6.54 Å². The highest BCUT2D eigenvalue weighted by atomic mass is 16.4. The summed E-state index contributed by atoms with van der Waals surface area (Å²) in [6, 6.07) is 6.82. The molecule has 0 radical (unpaired) electrons. The van der Waals surface area contributed by atoms with Gasteiger partial charge in [0.1, 0.15) is 6.04 Å². The van der Waals surface area contributed by atoms with Crippen LogP contribution < -0.4 is 11.5 Å². The third kappa shape index (κ3) is 4.64. The number of hydrogen-bond donors (Lipinski definition) is 3. The smallest absolute Gasteiger partial charge is 0.326 e. The summed E-state index contributed by atoms with van der Waals surface area (Å²) in [4.78, 5) is 36.7. The van der Waals surface area contributed by atoms with Crippen LogP contribution in [0.5, 0.6) is 0 Å². The summed E-state index contributed by atoms with van der Waals surface area (Å²) in [7, 11) is 0. The van der Waals surface area contributed by atoms with E-state index in [9.17, 15) is 19.5 Å². The Balaban J connectivity index is 3.06. The van der Waals surface area contributed by atoms with E-state index >= 15 is 0 Å². The van der Waals surface area contributed by atoms with Crippen LogP contribution in [-0.4, -0.2) is 46.9 Å². The molecule has 0 aliphatic carbocycles. The molecule has 0 heterocycles. The van der Waals surface area contributed by atoms with Crippen molar-refractivity contribution in [2.45, 2.75) is 25.3 Å². The number of carboxylic acid groups (broad SMARTS) is 1. The van der Waals surface area contributed by atoms with Crippen LogP contribution in [0.1, 0.15) is 29.6 Å². The third-order valence-electron chi connectivity index (χ3n) is 3.21. The van der Waals surface area contributed by atoms with E-state index < -0.39 is 30.4 Å². The Hall–Kier alpha value is -2.25. The number of nitrogens with zero attached hydrogens (tertiary/aromatic N) is 1. The van der Waals surface area contributed by atoms with Crippen molar-refractivity contribution in [3.05, 3.63) is 35.9 Å². The molecule has 2 amide bonds. The van der Waals surface area contributed by atoms with Crippen LogP contribution in [0.2, 0.25) is 0 Å². The van der Waals surface area contributed by atoms with E-state index in [0.717, 1.165) is 4.90 Å². The Morgan fingerprint density at radius 1 is 1.09 bits per heavy atom. The Morgan fingerprint density at radius 2 is 1.73 bits per heavy atom. The van der Waals surface area contributed by atoms with Crippen molar-refractivity contribution in [3.8, 4) is 0 Å². The van der Waals surface area contributed by atoms with Crippen molar-refractivity contribution >= 4 is 17.8 Å². The van der Waals surface area contributed by atoms with E-state index in [1.54, 1.807) is 18.2 Å². The standard InChI is InChI=1S/C15H21N3O4/c16-9-5-4-8-12(15(21)22)18(13(19)10-17)14(20)11-6-2-1-3-7-11/h1-3,6-7,12H,4-5,8-10,16-17H2,(H,21,22). The van der Waals surface area contributed by atoms with Crippen LogP contribution in [-0.2, 0) is 9.59 Å². The summed E-state index contributed by atoms with van der Waals surface area (Å²) < 4.78 is 0. The minimum atomic E-state index is -1.24. The molecule has 0 aromatic heterocycles. The molecule has 1 rings (SSSR count). The zero-order valence-electron chi connectivity index (χ0n) is 12.3. The maximum atomic E-state index is 12.5. The molecule has 120 valence electrons. The minimum absolute atomic E-state index is 0.150. The number of benzene rings is 1. The lowest BCUT2D eigenvalue weighted by atomic mass is 10.1. The largest absolute Gasteiger partial charge is 0.480 e. The van der Waals surface area contributed by atoms with E-state index in [2.05, 4.69) is 0 Å². The van der Waals surface area contributed by atoms with Crippen molar-refractivity contribution in [3.63, 3.8) is 0 Å². The lowest BCUT2D eigenvalue weighted by Crippen LogP contribution is -2.50. The molecule has 1 atom stereocenters. The number of hydrogen-bond acceptors (Lipinski definition) is 5. The number of rotatable bonds is 8. The summed E-state index contributed by atoms with van der Waals surface area (Å²) in [5.41, 5.74) is 11.0. The normalized spacial score (nSPS) is 11.7. The van der Waals surface area contributed by atoms with Gasteiger partial charge in [0, 0.05) is 5.56 Å². The van der Waals surface area contributed by atoms with Crippen LogP contribution in [0.15, 0.2) is 30.3 Å². The molecule has 5 N–H and O–H groups in total. The summed E-state index contributed by atoms with van der Waals surface area (Å²) in [6.07, 6.45) is 1.27. The van der Waals surface area contributed by atoms with Crippen molar-refractivity contribution < 1.29 is 19.5 Å². The SMILES string of the molecule is NCCCCC(C(=O)O)N(C(=O)CN)C(=O)c1ccccc1. The Morgan fingerprint density at radius 3 is 2.23 bits per heavy atom. The topological polar surface area (TPSA) is 127 Å². The monoisotopic (exact) mass is 307 g/mol. The number of carbonyl (C=O) groups is 3. The molecule has 7 nitrogen and oxygen atoms in total. The fraction of sp³-hybridized carbons (Fsp3) is 0.400. The van der Waals surface area contributed by atoms with Crippen molar-refractivity contribution in [2.24, 2.45) is 11.5 Å². The van der Waals surface area contributed by atoms with Crippen LogP contribution in [0.4, 0.5) is 0 Å². The zero-order chi connectivity index (χ0) is 16.5. The van der Waals surface area contributed by atoms with Gasteiger partial charge in [-0.1, -0.05) is 18.2 Å². The second kappa shape index (κ2) is 8.91. The number of aliphatic carboxylic acids is 1. The van der Waals surface area contributed by atoms with Crippen molar-refractivity contribution in [2.75, 3.05) is 13.1 Å². The lowest BCUT2D eigenvalue weighted by molar-refractivity contribution is -0.147. The van der Waals surface area contributed by atoms with Crippen LogP contribution >= 0.6 is 0 Å². The van der Waals surface area contributed by atoms with E-state index in [0.29, 0.717) is 19.4 Å². The van der Waals surface area contributed by atoms with Crippen LogP contribution in [0, 0.1) is 0 Å². The molecule has 1 aromatic carbocycles. The van der Waals surface area contributed by atoms with E-state index in [-0.39, 0.29) is 12.0 Å². The first-order valence-electron chi connectivity index (χ1n) is 7.07. The number of imide groups is 1. The van der Waals surface area contributed by atoms with Crippen LogP contribution in [0.25, 0.3) is 0 Å². The van der Waals surface area contributed by atoms with Gasteiger partial charge in [0.25, 0.3) is 5.91 Å². The molecule has 0 spiro atoms. The molecule has 7 heteroatoms. The first-order valence-corrected chi connectivity index (χ1v) is 7.07. The quantitative estimate of drug-likeness (QED) is 0.589. The number of unbranched alkanes of at least 4 members (excludes halogenated alkanes) is 1. The first-order chi connectivity index (χ1) is 10.5. The maximum absolute atomic E-state index is 12.5. The highest BCUT2D eigenvalue weighted by molar-refractivity contribution is 6.07. The van der Waals surface area contributed by atoms with Gasteiger partial charge in [0.15, 0.2) is 0 Å². The maximum Gasteiger partial charge on any atom is 0.326 e. The highest BCUT2D eigenvalue weighted by Crippen LogP contribution is 2.14. The molecule has 1 aromatic rings. The second-order valence-electron chi connectivity index (χ2n) is 4.78. The van der Waals surface area contributed by atoms with Gasteiger partial charge in [-0.25, -0.2) is 4.79 Å². The van der Waals surface area contributed by atoms with Gasteiger partial charge in [-0.15, -0.1) is 0 Å². The van der Waals surface area contributed by atoms with Crippen LogP contribution in [0.3, 0.4) is 0 Å². The van der Waals surface area contributed by atoms with E-state index in [1.807, 2.05) is 0 Å². The average Bonchev–Trinajstić information content (AvgIpc) is 2.53. The zero-order valence-corrected chi connectivity index (χ0v) is 12.3. The average molecular weight is 307 g/mol. The van der Waals surface area contributed by atoms with Gasteiger partial charge in [-0.3, -0.25) is 14.5 Å². The molecular formula is C15H21N3O4. The lowest BCUT2D eigenvalue weighted by Gasteiger charge is -2.27. The highest BCUT2D eigenvalue weighted by Gasteiger charge is 2.34. The van der Waals surface area contributed by atoms with Gasteiger partial charge in [-0.05, 0) is 37.9 Å². The summed E-state index contributed by atoms with van der Waals surface area (Å²) >= 11 is 0. The number of nitrogens with two attached hydrogens (primary N) is 2. The predicted molar refractivity (Wildman–Crippen MR) is 81.0 cm³/mol. The molecule has 0 aliphatic heterocycles. The predicted octanol–water partition coefficient (Wildman–Crippen LogP) is 0.196. The van der Waals surface area contributed by atoms with Crippen molar-refractivity contribution in [1.29, 1.82) is 0 Å². The summed E-state index contributed by atoms with van der Waals surface area (Å²) in [5.74, 6) is -2.60. The number of carboxylic acids is 1. The van der Waals surface area contributed by atoms with Gasteiger partial charge in [-0.2, -0.15) is 0 Å². The number of carbonyl (C=O) groups excluding carboxylic acids is 2. The molecule has 0 aliphatic rings. The van der Waals surface area contributed by atoms with Crippen molar-refractivity contribution in [1.82, 2.24) is 4.90 Å². The fourth-order valence-electron chi connectivity index (χ4n) is 2.09.